The van der Waals surface area contributed by atoms with E-state index in [2.05, 4.69) is 221 Å². The lowest BCUT2D eigenvalue weighted by Crippen LogP contribution is -2.13. The molecular weight excluding hydrogens is 757 g/mol. The molecule has 0 bridgehead atoms. The van der Waals surface area contributed by atoms with Crippen molar-refractivity contribution in [2.45, 2.75) is 53.4 Å². The Balaban J connectivity index is 1.05. The molecule has 11 rings (SSSR count). The Bertz CT molecular complexity index is 3530. The molecule has 0 saturated heterocycles. The third kappa shape index (κ3) is 6.12. The zero-order chi connectivity index (χ0) is 42.2. The van der Waals surface area contributed by atoms with Crippen molar-refractivity contribution < 1.29 is 8.83 Å². The molecule has 0 spiro atoms. The SMILES string of the molecule is Cc1ccccc1N(c1ccc2cc3c(cc2c1)oc1c3ccc2oc3cc4cc(N(c5ccccc5C)c5ccccc5C(C)C)ccc4cc3c21)c1ccccc1C(C)C. The summed E-state index contributed by atoms with van der Waals surface area (Å²) < 4.78 is 13.6. The van der Waals surface area contributed by atoms with Gasteiger partial charge >= 0.3 is 0 Å². The zero-order valence-electron chi connectivity index (χ0n) is 36.0. The van der Waals surface area contributed by atoms with Gasteiger partial charge in [-0.1, -0.05) is 113 Å². The molecule has 0 saturated carbocycles. The minimum atomic E-state index is 0.367. The quantitative estimate of drug-likeness (QED) is 0.153. The fourth-order valence-electron chi connectivity index (χ4n) is 9.64. The summed E-state index contributed by atoms with van der Waals surface area (Å²) >= 11 is 0. The van der Waals surface area contributed by atoms with Crippen LogP contribution in [-0.2, 0) is 0 Å². The Hall–Kier alpha value is -7.30. The van der Waals surface area contributed by atoms with Crippen LogP contribution in [0.3, 0.4) is 0 Å². The average molecular weight is 805 g/mol. The number of benzene rings is 9. The monoisotopic (exact) mass is 804 g/mol. The van der Waals surface area contributed by atoms with Gasteiger partial charge in [-0.15, -0.1) is 0 Å². The van der Waals surface area contributed by atoms with E-state index in [4.69, 9.17) is 8.83 Å². The van der Waals surface area contributed by atoms with Gasteiger partial charge in [0.2, 0.25) is 0 Å². The average Bonchev–Trinajstić information content (AvgIpc) is 3.83. The van der Waals surface area contributed by atoms with E-state index in [1.165, 1.54) is 50.4 Å². The summed E-state index contributed by atoms with van der Waals surface area (Å²) in [5, 5.41) is 8.80. The molecule has 0 aliphatic carbocycles. The molecule has 0 atom stereocenters. The van der Waals surface area contributed by atoms with E-state index >= 15 is 0 Å². The highest BCUT2D eigenvalue weighted by Gasteiger charge is 2.23. The summed E-state index contributed by atoms with van der Waals surface area (Å²) in [6, 6.07) is 61.6. The molecule has 0 fully saturated rings. The second-order valence-corrected chi connectivity index (χ2v) is 17.4. The van der Waals surface area contributed by atoms with Crippen molar-refractivity contribution in [3.8, 4) is 0 Å². The van der Waals surface area contributed by atoms with Crippen molar-refractivity contribution in [2.75, 3.05) is 9.80 Å². The van der Waals surface area contributed by atoms with Gasteiger partial charge in [0.1, 0.15) is 22.3 Å². The van der Waals surface area contributed by atoms with Gasteiger partial charge in [-0.25, -0.2) is 0 Å². The molecule has 4 heteroatoms. The molecule has 2 aromatic heterocycles. The lowest BCUT2D eigenvalue weighted by atomic mass is 9.98. The van der Waals surface area contributed by atoms with Crippen molar-refractivity contribution in [1.82, 2.24) is 0 Å². The molecule has 0 radical (unpaired) electrons. The van der Waals surface area contributed by atoms with Crippen LogP contribution in [0.2, 0.25) is 0 Å². The topological polar surface area (TPSA) is 32.8 Å². The summed E-state index contributed by atoms with van der Waals surface area (Å²) in [5.41, 5.74) is 15.4. The lowest BCUT2D eigenvalue weighted by molar-refractivity contribution is 0.663. The minimum Gasteiger partial charge on any atom is -0.456 e. The van der Waals surface area contributed by atoms with Crippen LogP contribution in [0.4, 0.5) is 34.1 Å². The van der Waals surface area contributed by atoms with Gasteiger partial charge in [0.25, 0.3) is 0 Å². The fourth-order valence-corrected chi connectivity index (χ4v) is 9.64. The van der Waals surface area contributed by atoms with Gasteiger partial charge in [-0.2, -0.15) is 0 Å². The third-order valence-electron chi connectivity index (χ3n) is 12.8. The number of fused-ring (bicyclic) bond motifs is 9. The van der Waals surface area contributed by atoms with E-state index in [0.717, 1.165) is 71.4 Å². The largest absolute Gasteiger partial charge is 0.456 e. The molecule has 0 N–H and O–H groups in total. The smallest absolute Gasteiger partial charge is 0.147 e. The van der Waals surface area contributed by atoms with Crippen molar-refractivity contribution in [1.29, 1.82) is 0 Å². The van der Waals surface area contributed by atoms with E-state index in [1.807, 2.05) is 0 Å². The molecule has 0 amide bonds. The zero-order valence-corrected chi connectivity index (χ0v) is 36.0. The Labute approximate surface area is 362 Å². The van der Waals surface area contributed by atoms with Crippen LogP contribution in [0, 0.1) is 13.8 Å². The fraction of sp³-hybridized carbons (Fsp3) is 0.138. The second kappa shape index (κ2) is 14.7. The van der Waals surface area contributed by atoms with Gasteiger partial charge < -0.3 is 18.6 Å². The van der Waals surface area contributed by atoms with E-state index in [0.29, 0.717) is 11.8 Å². The van der Waals surface area contributed by atoms with Crippen LogP contribution >= 0.6 is 0 Å². The first-order valence-electron chi connectivity index (χ1n) is 21.8. The highest BCUT2D eigenvalue weighted by Crippen LogP contribution is 2.46. The van der Waals surface area contributed by atoms with Gasteiger partial charge in [-0.3, -0.25) is 0 Å². The Morgan fingerprint density at radius 2 is 0.839 bits per heavy atom. The van der Waals surface area contributed by atoms with Crippen LogP contribution in [0.5, 0.6) is 0 Å². The Morgan fingerprint density at radius 1 is 0.371 bits per heavy atom. The van der Waals surface area contributed by atoms with Crippen LogP contribution in [0.25, 0.3) is 65.4 Å². The Morgan fingerprint density at radius 3 is 1.35 bits per heavy atom. The van der Waals surface area contributed by atoms with Crippen molar-refractivity contribution in [3.63, 3.8) is 0 Å². The predicted molar refractivity (Wildman–Crippen MR) is 263 cm³/mol. The van der Waals surface area contributed by atoms with Crippen molar-refractivity contribution in [3.05, 3.63) is 192 Å². The van der Waals surface area contributed by atoms with Gasteiger partial charge in [0.05, 0.1) is 5.39 Å². The summed E-state index contributed by atoms with van der Waals surface area (Å²) in [6.45, 7) is 13.4. The van der Waals surface area contributed by atoms with Crippen LogP contribution in [0.15, 0.2) is 179 Å². The molecule has 4 nitrogen and oxygen atoms in total. The van der Waals surface area contributed by atoms with Crippen LogP contribution < -0.4 is 9.80 Å². The number of furan rings is 2. The maximum Gasteiger partial charge on any atom is 0.147 e. The molecule has 62 heavy (non-hydrogen) atoms. The first-order chi connectivity index (χ1) is 30.2. The first kappa shape index (κ1) is 37.7. The van der Waals surface area contributed by atoms with Crippen LogP contribution in [0.1, 0.15) is 61.8 Å². The van der Waals surface area contributed by atoms with Crippen LogP contribution in [-0.4, -0.2) is 0 Å². The number of para-hydroxylation sites is 4. The maximum atomic E-state index is 6.90. The number of nitrogens with zero attached hydrogens (tertiary/aromatic N) is 2. The number of hydrogen-bond acceptors (Lipinski definition) is 4. The highest BCUT2D eigenvalue weighted by molar-refractivity contribution is 6.24. The molecule has 2 heterocycles. The molecular formula is C58H48N2O2. The highest BCUT2D eigenvalue weighted by atomic mass is 16.3. The maximum absolute atomic E-state index is 6.90. The Kier molecular flexibility index (Phi) is 8.94. The first-order valence-corrected chi connectivity index (χ1v) is 21.8. The van der Waals surface area contributed by atoms with Gasteiger partial charge in [0.15, 0.2) is 0 Å². The molecule has 0 aliphatic heterocycles. The number of anilines is 6. The second-order valence-electron chi connectivity index (χ2n) is 17.4. The summed E-state index contributed by atoms with van der Waals surface area (Å²) in [7, 11) is 0. The normalized spacial score (nSPS) is 12.0. The van der Waals surface area contributed by atoms with E-state index < -0.39 is 0 Å². The van der Waals surface area contributed by atoms with Crippen molar-refractivity contribution >= 4 is 99.5 Å². The lowest BCUT2D eigenvalue weighted by Gasteiger charge is -2.30. The molecule has 302 valence electrons. The van der Waals surface area contributed by atoms with Crippen molar-refractivity contribution in [2.24, 2.45) is 0 Å². The van der Waals surface area contributed by atoms with Gasteiger partial charge in [0, 0.05) is 50.3 Å². The minimum absolute atomic E-state index is 0.367. The molecule has 0 unspecified atom stereocenters. The van der Waals surface area contributed by atoms with E-state index in [1.54, 1.807) is 0 Å². The molecule has 9 aromatic carbocycles. The summed E-state index contributed by atoms with van der Waals surface area (Å²) in [5.74, 6) is 0.734. The number of hydrogen-bond donors (Lipinski definition) is 0. The number of rotatable bonds is 8. The predicted octanol–water partition coefficient (Wildman–Crippen LogP) is 17.6. The van der Waals surface area contributed by atoms with Gasteiger partial charge in [-0.05, 0) is 154 Å². The summed E-state index contributed by atoms with van der Waals surface area (Å²) in [6.07, 6.45) is 0. The standard InChI is InChI=1S/C58H48N2O2/c1-35(2)45-17-9-13-21-52(45)59(50-19-11-7-15-37(50)5)43-25-23-39-31-48-47-27-28-54-57(58(47)62-55(48)33-41(39)29-43)49-32-40-24-26-44(30-42(40)34-56(49)61-54)60(51-20-12-8-16-38(51)6)53-22-14-10-18-46(53)36(3)4/h7-36H,1-6H3. The third-order valence-corrected chi connectivity index (χ3v) is 12.8. The molecule has 11 aromatic rings. The summed E-state index contributed by atoms with van der Waals surface area (Å²) in [4.78, 5) is 4.81. The van der Waals surface area contributed by atoms with E-state index in [-0.39, 0.29) is 0 Å². The van der Waals surface area contributed by atoms with E-state index in [9.17, 15) is 0 Å². The molecule has 0 aliphatic rings. The number of aryl methyl sites for hydroxylation is 2.